The molecule has 4 N–H and O–H groups in total. The van der Waals surface area contributed by atoms with Crippen LogP contribution in [0.1, 0.15) is 0 Å². The van der Waals surface area contributed by atoms with Gasteiger partial charge < -0.3 is 30.0 Å². The number of rotatable bonds is 6. The minimum atomic E-state index is -1.63. The summed E-state index contributed by atoms with van der Waals surface area (Å²) in [5, 5.41) is 35.7. The van der Waals surface area contributed by atoms with Gasteiger partial charge in [-0.2, -0.15) is 0 Å². The van der Waals surface area contributed by atoms with Gasteiger partial charge in [0, 0.05) is 7.11 Å². The van der Waals surface area contributed by atoms with E-state index in [-0.39, 0.29) is 6.29 Å². The van der Waals surface area contributed by atoms with Crippen molar-refractivity contribution in [2.75, 3.05) is 13.7 Å². The number of methoxy groups -OCH3 is 1. The Morgan fingerprint density at radius 3 is 2.23 bits per heavy atom. The lowest BCUT2D eigenvalue weighted by Gasteiger charge is -2.26. The number of hydrogen-bond donors (Lipinski definition) is 4. The summed E-state index contributed by atoms with van der Waals surface area (Å²) in [6, 6.07) is 0. The molecule has 0 unspecified atom stereocenters. The lowest BCUT2D eigenvalue weighted by molar-refractivity contribution is -0.142. The highest BCUT2D eigenvalue weighted by molar-refractivity contribution is 5.56. The first-order valence-corrected chi connectivity index (χ1v) is 3.71. The van der Waals surface area contributed by atoms with Crippen molar-refractivity contribution in [2.24, 2.45) is 0 Å². The minimum absolute atomic E-state index is 0.126. The molecule has 0 aromatic heterocycles. The van der Waals surface area contributed by atoms with Crippen molar-refractivity contribution in [1.29, 1.82) is 0 Å². The molecule has 0 aromatic carbocycles. The van der Waals surface area contributed by atoms with Gasteiger partial charge in [0.25, 0.3) is 0 Å². The van der Waals surface area contributed by atoms with Crippen LogP contribution in [-0.2, 0) is 9.53 Å². The lowest BCUT2D eigenvalue weighted by Crippen LogP contribution is -2.47. The molecule has 0 fully saturated rings. The highest BCUT2D eigenvalue weighted by Gasteiger charge is 2.31. The quantitative estimate of drug-likeness (QED) is 0.342. The second kappa shape index (κ2) is 6.01. The maximum atomic E-state index is 10.1. The summed E-state index contributed by atoms with van der Waals surface area (Å²) in [6.07, 6.45) is -5.59. The van der Waals surface area contributed by atoms with Gasteiger partial charge in [-0.05, 0) is 0 Å². The van der Waals surface area contributed by atoms with E-state index >= 15 is 0 Å². The van der Waals surface area contributed by atoms with E-state index in [2.05, 4.69) is 4.74 Å². The van der Waals surface area contributed by atoms with Gasteiger partial charge in [0.05, 0.1) is 6.61 Å². The maximum Gasteiger partial charge on any atom is 0.151 e. The Labute approximate surface area is 75.4 Å². The number of aldehydes is 1. The highest BCUT2D eigenvalue weighted by atomic mass is 16.5. The predicted octanol–water partition coefficient (Wildman–Crippen LogP) is -2.72. The summed E-state index contributed by atoms with van der Waals surface area (Å²) in [7, 11) is 1.18. The van der Waals surface area contributed by atoms with Gasteiger partial charge in [-0.25, -0.2) is 0 Å². The van der Waals surface area contributed by atoms with Crippen LogP contribution in [0.5, 0.6) is 0 Å². The van der Waals surface area contributed by atoms with Gasteiger partial charge in [-0.3, -0.25) is 0 Å². The van der Waals surface area contributed by atoms with Gasteiger partial charge in [-0.15, -0.1) is 0 Å². The van der Waals surface area contributed by atoms with E-state index < -0.39 is 31.0 Å². The Hall–Kier alpha value is -0.530. The van der Waals surface area contributed by atoms with E-state index in [4.69, 9.17) is 15.3 Å². The SMILES string of the molecule is CO[C@@H]([C@H](O)[C@H](O)C=O)[C@H](O)CO. The molecular weight excluding hydrogens is 180 g/mol. The highest BCUT2D eigenvalue weighted by Crippen LogP contribution is 2.07. The molecule has 13 heavy (non-hydrogen) atoms. The van der Waals surface area contributed by atoms with Gasteiger partial charge >= 0.3 is 0 Å². The summed E-state index contributed by atoms with van der Waals surface area (Å²) in [5.41, 5.74) is 0. The number of aliphatic hydroxyl groups is 4. The Balaban J connectivity index is 4.29. The Morgan fingerprint density at radius 1 is 1.38 bits per heavy atom. The molecule has 6 heteroatoms. The van der Waals surface area contributed by atoms with E-state index in [1.54, 1.807) is 0 Å². The average Bonchev–Trinajstić information content (AvgIpc) is 2.17. The molecule has 0 aliphatic heterocycles. The molecule has 0 radical (unpaired) electrons. The van der Waals surface area contributed by atoms with E-state index in [1.165, 1.54) is 7.11 Å². The van der Waals surface area contributed by atoms with Crippen molar-refractivity contribution in [3.05, 3.63) is 0 Å². The fourth-order valence-corrected chi connectivity index (χ4v) is 0.903. The van der Waals surface area contributed by atoms with Crippen molar-refractivity contribution >= 4 is 6.29 Å². The second-order valence-corrected chi connectivity index (χ2v) is 2.57. The molecule has 0 heterocycles. The van der Waals surface area contributed by atoms with Crippen molar-refractivity contribution in [2.45, 2.75) is 24.4 Å². The van der Waals surface area contributed by atoms with Crippen LogP contribution >= 0.6 is 0 Å². The molecule has 0 aliphatic rings. The molecule has 0 saturated heterocycles. The van der Waals surface area contributed by atoms with E-state index in [0.717, 1.165) is 0 Å². The van der Waals surface area contributed by atoms with E-state index in [1.807, 2.05) is 0 Å². The summed E-state index contributed by atoms with van der Waals surface area (Å²) < 4.78 is 4.61. The molecule has 0 bridgehead atoms. The predicted molar refractivity (Wildman–Crippen MR) is 42.0 cm³/mol. The van der Waals surface area contributed by atoms with Crippen LogP contribution in [0.2, 0.25) is 0 Å². The molecule has 0 saturated carbocycles. The number of hydrogen-bond acceptors (Lipinski definition) is 6. The third kappa shape index (κ3) is 3.37. The first-order chi connectivity index (χ1) is 6.08. The van der Waals surface area contributed by atoms with Crippen LogP contribution in [0, 0.1) is 0 Å². The minimum Gasteiger partial charge on any atom is -0.394 e. The Bertz CT molecular complexity index is 150. The molecule has 4 atom stereocenters. The number of aliphatic hydroxyl groups excluding tert-OH is 4. The maximum absolute atomic E-state index is 10.1. The van der Waals surface area contributed by atoms with E-state index in [0.29, 0.717) is 0 Å². The monoisotopic (exact) mass is 194 g/mol. The fraction of sp³-hybridized carbons (Fsp3) is 0.857. The largest absolute Gasteiger partial charge is 0.394 e. The van der Waals surface area contributed by atoms with Crippen LogP contribution in [0.3, 0.4) is 0 Å². The van der Waals surface area contributed by atoms with Crippen LogP contribution in [0.25, 0.3) is 0 Å². The third-order valence-electron chi connectivity index (χ3n) is 1.66. The summed E-state index contributed by atoms with van der Waals surface area (Å²) in [5.74, 6) is 0. The third-order valence-corrected chi connectivity index (χ3v) is 1.66. The molecule has 0 aliphatic carbocycles. The number of carbonyl (C=O) groups is 1. The molecule has 0 amide bonds. The van der Waals surface area contributed by atoms with Crippen LogP contribution in [0.4, 0.5) is 0 Å². The van der Waals surface area contributed by atoms with Crippen LogP contribution in [-0.4, -0.2) is 64.8 Å². The molecule has 0 spiro atoms. The second-order valence-electron chi connectivity index (χ2n) is 2.57. The van der Waals surface area contributed by atoms with Crippen molar-refractivity contribution in [3.8, 4) is 0 Å². The molecule has 78 valence electrons. The lowest BCUT2D eigenvalue weighted by atomic mass is 10.0. The fourth-order valence-electron chi connectivity index (χ4n) is 0.903. The molecule has 0 aromatic rings. The van der Waals surface area contributed by atoms with Crippen LogP contribution in [0.15, 0.2) is 0 Å². The van der Waals surface area contributed by atoms with Gasteiger partial charge in [-0.1, -0.05) is 0 Å². The van der Waals surface area contributed by atoms with E-state index in [9.17, 15) is 9.90 Å². The normalized spacial score (nSPS) is 20.4. The summed E-state index contributed by atoms with van der Waals surface area (Å²) in [4.78, 5) is 10.1. The molecule has 6 nitrogen and oxygen atoms in total. The zero-order valence-electron chi connectivity index (χ0n) is 7.20. The van der Waals surface area contributed by atoms with Crippen molar-refractivity contribution in [3.63, 3.8) is 0 Å². The summed E-state index contributed by atoms with van der Waals surface area (Å²) in [6.45, 7) is -0.624. The van der Waals surface area contributed by atoms with Gasteiger partial charge in [0.2, 0.25) is 0 Å². The molecular formula is C7H14O6. The smallest absolute Gasteiger partial charge is 0.151 e. The van der Waals surface area contributed by atoms with Crippen molar-refractivity contribution < 1.29 is 30.0 Å². The average molecular weight is 194 g/mol. The number of ether oxygens (including phenoxy) is 1. The Morgan fingerprint density at radius 2 is 1.92 bits per heavy atom. The standard InChI is InChI=1S/C7H14O6/c1-13-7(5(11)3-9)6(12)4(10)2-8/h2,4-7,9-12H,3H2,1H3/t4-,5-,6-,7-/m1/s1. The van der Waals surface area contributed by atoms with Crippen molar-refractivity contribution in [1.82, 2.24) is 0 Å². The summed E-state index contributed by atoms with van der Waals surface area (Å²) >= 11 is 0. The first-order valence-electron chi connectivity index (χ1n) is 3.71. The molecule has 0 rings (SSSR count). The van der Waals surface area contributed by atoms with Gasteiger partial charge in [0.1, 0.15) is 24.4 Å². The zero-order valence-corrected chi connectivity index (χ0v) is 7.20. The van der Waals surface area contributed by atoms with Gasteiger partial charge in [0.15, 0.2) is 6.29 Å². The van der Waals surface area contributed by atoms with Crippen LogP contribution < -0.4 is 0 Å². The first kappa shape index (κ1) is 12.5. The zero-order chi connectivity index (χ0) is 10.4. The topological polar surface area (TPSA) is 107 Å². The number of carbonyl (C=O) groups excluding carboxylic acids is 1. The Kier molecular flexibility index (Phi) is 5.76.